The summed E-state index contributed by atoms with van der Waals surface area (Å²) in [6.45, 7) is 0.920. The van der Waals surface area contributed by atoms with Crippen molar-refractivity contribution in [1.29, 1.82) is 0 Å². The largest absolute Gasteiger partial charge is 0.505 e. The minimum atomic E-state index is -0.368. The molecule has 0 aliphatic carbocycles. The number of methoxy groups -OCH3 is 1. The van der Waals surface area contributed by atoms with Crippen molar-refractivity contribution >= 4 is 11.7 Å². The Bertz CT molecular complexity index is 478. The summed E-state index contributed by atoms with van der Waals surface area (Å²) in [4.78, 5) is 17.5. The predicted octanol–water partition coefficient (Wildman–Crippen LogP) is 0.0123. The van der Waals surface area contributed by atoms with E-state index in [1.54, 1.807) is 0 Å². The number of hydrogen-bond donors (Lipinski definition) is 3. The molecule has 0 aliphatic rings. The van der Waals surface area contributed by atoms with Gasteiger partial charge in [-0.1, -0.05) is 5.16 Å². The number of hydrogen-bond acceptors (Lipinski definition) is 6. The Balaban J connectivity index is 2.81. The lowest BCUT2D eigenvalue weighted by molar-refractivity contribution is 0.0697. The van der Waals surface area contributed by atoms with Crippen LogP contribution in [0, 0.1) is 0 Å². The molecular formula is C12H18N4O4. The first kappa shape index (κ1) is 15.7. The van der Waals surface area contributed by atoms with Crippen molar-refractivity contribution in [1.82, 2.24) is 9.88 Å². The van der Waals surface area contributed by atoms with Gasteiger partial charge in [0, 0.05) is 32.8 Å². The van der Waals surface area contributed by atoms with Gasteiger partial charge in [0.15, 0.2) is 0 Å². The lowest BCUT2D eigenvalue weighted by Gasteiger charge is -2.22. The maximum Gasteiger partial charge on any atom is 0.257 e. The fraction of sp³-hybridized carbons (Fsp3) is 0.417. The summed E-state index contributed by atoms with van der Waals surface area (Å²) in [7, 11) is 1.52. The van der Waals surface area contributed by atoms with Crippen LogP contribution in [0.4, 0.5) is 0 Å². The second-order valence-electron chi connectivity index (χ2n) is 4.02. The van der Waals surface area contributed by atoms with Gasteiger partial charge in [0.2, 0.25) is 0 Å². The highest BCUT2D eigenvalue weighted by Gasteiger charge is 2.18. The highest BCUT2D eigenvalue weighted by molar-refractivity contribution is 5.96. The van der Waals surface area contributed by atoms with Crippen molar-refractivity contribution in [3.8, 4) is 5.75 Å². The van der Waals surface area contributed by atoms with Crippen LogP contribution in [0.15, 0.2) is 23.6 Å². The van der Waals surface area contributed by atoms with Crippen LogP contribution in [0.1, 0.15) is 16.8 Å². The maximum absolute atomic E-state index is 12.3. The normalized spacial score (nSPS) is 11.3. The van der Waals surface area contributed by atoms with Gasteiger partial charge in [-0.2, -0.15) is 0 Å². The molecule has 0 radical (unpaired) electrons. The number of amides is 1. The molecule has 1 heterocycles. The molecule has 0 spiro atoms. The van der Waals surface area contributed by atoms with Gasteiger partial charge in [0.05, 0.1) is 18.4 Å². The summed E-state index contributed by atoms with van der Waals surface area (Å²) >= 11 is 0. The van der Waals surface area contributed by atoms with Crippen molar-refractivity contribution < 1.29 is 19.8 Å². The number of nitrogens with two attached hydrogens (primary N) is 1. The molecule has 20 heavy (non-hydrogen) atoms. The van der Waals surface area contributed by atoms with E-state index in [4.69, 9.17) is 15.7 Å². The van der Waals surface area contributed by atoms with Gasteiger partial charge in [0.25, 0.3) is 5.91 Å². The number of ether oxygens (including phenoxy) is 1. The van der Waals surface area contributed by atoms with E-state index in [1.165, 1.54) is 30.5 Å². The number of aromatic nitrogens is 1. The summed E-state index contributed by atoms with van der Waals surface area (Å²) in [5.74, 6) is -0.532. The molecular weight excluding hydrogens is 264 g/mol. The first-order chi connectivity index (χ1) is 9.60. The summed E-state index contributed by atoms with van der Waals surface area (Å²) in [5, 5.41) is 21.0. The second-order valence-corrected chi connectivity index (χ2v) is 4.02. The minimum absolute atomic E-state index is 0.0270. The van der Waals surface area contributed by atoms with E-state index in [0.29, 0.717) is 13.2 Å². The Labute approximate surface area is 116 Å². The number of pyridine rings is 1. The zero-order valence-electron chi connectivity index (χ0n) is 11.2. The van der Waals surface area contributed by atoms with Crippen LogP contribution < -0.4 is 5.73 Å². The van der Waals surface area contributed by atoms with Crippen molar-refractivity contribution in [2.24, 2.45) is 10.9 Å². The van der Waals surface area contributed by atoms with E-state index in [-0.39, 0.29) is 36.0 Å². The van der Waals surface area contributed by atoms with E-state index in [2.05, 4.69) is 10.1 Å². The van der Waals surface area contributed by atoms with E-state index in [9.17, 15) is 9.90 Å². The van der Waals surface area contributed by atoms with Crippen LogP contribution in [0.2, 0.25) is 0 Å². The molecule has 0 fully saturated rings. The lowest BCUT2D eigenvalue weighted by atomic mass is 10.2. The van der Waals surface area contributed by atoms with Crippen LogP contribution in [-0.4, -0.2) is 58.7 Å². The lowest BCUT2D eigenvalue weighted by Crippen LogP contribution is -2.36. The van der Waals surface area contributed by atoms with Crippen LogP contribution in [-0.2, 0) is 4.74 Å². The van der Waals surface area contributed by atoms with Crippen molar-refractivity contribution in [3.05, 3.63) is 24.0 Å². The Morgan fingerprint density at radius 1 is 1.55 bits per heavy atom. The van der Waals surface area contributed by atoms with Crippen molar-refractivity contribution in [2.75, 3.05) is 26.8 Å². The van der Waals surface area contributed by atoms with Crippen molar-refractivity contribution in [3.63, 3.8) is 0 Å². The fourth-order valence-corrected chi connectivity index (χ4v) is 1.55. The van der Waals surface area contributed by atoms with Gasteiger partial charge < -0.3 is 25.7 Å². The number of nitrogens with zero attached hydrogens (tertiary/aromatic N) is 3. The molecule has 110 valence electrons. The molecule has 0 bridgehead atoms. The Kier molecular flexibility index (Phi) is 6.24. The first-order valence-electron chi connectivity index (χ1n) is 5.97. The van der Waals surface area contributed by atoms with E-state index in [1.807, 2.05) is 0 Å². The quantitative estimate of drug-likeness (QED) is 0.280. The standard InChI is InChI=1S/C12H18N4O4/c1-20-7-6-16(5-3-11(13)15-19)12(18)9-2-4-14-8-10(9)17/h2,4,8,17,19H,3,5-7H2,1H3,(H2,13,15). The fourth-order valence-electron chi connectivity index (χ4n) is 1.55. The Morgan fingerprint density at radius 2 is 2.30 bits per heavy atom. The van der Waals surface area contributed by atoms with E-state index in [0.717, 1.165) is 0 Å². The molecule has 4 N–H and O–H groups in total. The molecule has 1 amide bonds. The monoisotopic (exact) mass is 282 g/mol. The van der Waals surface area contributed by atoms with Crippen LogP contribution in [0.5, 0.6) is 5.75 Å². The molecule has 0 aromatic carbocycles. The number of amidine groups is 1. The van der Waals surface area contributed by atoms with E-state index < -0.39 is 0 Å². The highest BCUT2D eigenvalue weighted by atomic mass is 16.5. The third-order valence-corrected chi connectivity index (χ3v) is 2.65. The third-order valence-electron chi connectivity index (χ3n) is 2.65. The molecule has 1 aromatic rings. The molecule has 0 aliphatic heterocycles. The van der Waals surface area contributed by atoms with Gasteiger partial charge in [0.1, 0.15) is 11.6 Å². The SMILES string of the molecule is COCCN(CC/C(N)=N/O)C(=O)c1ccncc1O. The smallest absolute Gasteiger partial charge is 0.257 e. The topological polar surface area (TPSA) is 121 Å². The molecule has 1 aromatic heterocycles. The van der Waals surface area contributed by atoms with Gasteiger partial charge in [-0.25, -0.2) is 0 Å². The van der Waals surface area contributed by atoms with E-state index >= 15 is 0 Å². The number of carbonyl (C=O) groups is 1. The second kappa shape index (κ2) is 7.95. The molecule has 0 atom stereocenters. The van der Waals surface area contributed by atoms with Crippen molar-refractivity contribution in [2.45, 2.75) is 6.42 Å². The maximum atomic E-state index is 12.3. The Morgan fingerprint density at radius 3 is 2.90 bits per heavy atom. The number of oxime groups is 1. The molecule has 0 unspecified atom stereocenters. The molecule has 8 heteroatoms. The summed E-state index contributed by atoms with van der Waals surface area (Å²) in [5.41, 5.74) is 5.54. The van der Waals surface area contributed by atoms with Gasteiger partial charge in [-0.3, -0.25) is 9.78 Å². The third kappa shape index (κ3) is 4.39. The van der Waals surface area contributed by atoms with Crippen LogP contribution >= 0.6 is 0 Å². The molecule has 0 saturated heterocycles. The average Bonchev–Trinajstić information content (AvgIpc) is 2.47. The number of carbonyl (C=O) groups excluding carboxylic acids is 1. The van der Waals surface area contributed by atoms with Crippen LogP contribution in [0.3, 0.4) is 0 Å². The molecule has 8 nitrogen and oxygen atoms in total. The molecule has 0 saturated carbocycles. The number of aromatic hydroxyl groups is 1. The zero-order chi connectivity index (χ0) is 15.0. The average molecular weight is 282 g/mol. The van der Waals surface area contributed by atoms with Gasteiger partial charge >= 0.3 is 0 Å². The summed E-state index contributed by atoms with van der Waals surface area (Å²) in [6, 6.07) is 1.43. The first-order valence-corrected chi connectivity index (χ1v) is 5.97. The molecule has 1 rings (SSSR count). The van der Waals surface area contributed by atoms with Gasteiger partial charge in [-0.05, 0) is 6.07 Å². The Hall–Kier alpha value is -2.35. The van der Waals surface area contributed by atoms with Crippen LogP contribution in [0.25, 0.3) is 0 Å². The van der Waals surface area contributed by atoms with Gasteiger partial charge in [-0.15, -0.1) is 0 Å². The summed E-state index contributed by atoms with van der Waals surface area (Å²) in [6.07, 6.45) is 2.84. The number of rotatable bonds is 7. The summed E-state index contributed by atoms with van der Waals surface area (Å²) < 4.78 is 4.94. The zero-order valence-corrected chi connectivity index (χ0v) is 11.2. The highest BCUT2D eigenvalue weighted by Crippen LogP contribution is 2.16. The minimum Gasteiger partial charge on any atom is -0.505 e. The predicted molar refractivity (Wildman–Crippen MR) is 71.7 cm³/mol.